The zero-order valence-electron chi connectivity index (χ0n) is 15.7. The van der Waals surface area contributed by atoms with E-state index in [4.69, 9.17) is 5.14 Å². The van der Waals surface area contributed by atoms with E-state index in [0.29, 0.717) is 5.56 Å². The molecule has 0 saturated carbocycles. The van der Waals surface area contributed by atoms with E-state index in [-0.39, 0.29) is 16.8 Å². The van der Waals surface area contributed by atoms with Crippen molar-refractivity contribution in [3.8, 4) is 0 Å². The van der Waals surface area contributed by atoms with Crippen molar-refractivity contribution in [2.24, 2.45) is 5.14 Å². The van der Waals surface area contributed by atoms with Gasteiger partial charge in [0, 0.05) is 22.2 Å². The van der Waals surface area contributed by atoms with Gasteiger partial charge in [0.1, 0.15) is 0 Å². The third-order valence-electron chi connectivity index (χ3n) is 5.42. The van der Waals surface area contributed by atoms with Gasteiger partial charge < -0.3 is 10.3 Å². The summed E-state index contributed by atoms with van der Waals surface area (Å²) in [5.74, 6) is -0.157. The van der Waals surface area contributed by atoms with Crippen LogP contribution in [0.25, 0.3) is 10.9 Å². The summed E-state index contributed by atoms with van der Waals surface area (Å²) in [7, 11) is -3.72. The van der Waals surface area contributed by atoms with Gasteiger partial charge in [0.2, 0.25) is 10.0 Å². The number of hydrogen-bond acceptors (Lipinski definition) is 3. The second kappa shape index (κ2) is 7.07. The molecule has 6 nitrogen and oxygen atoms in total. The summed E-state index contributed by atoms with van der Waals surface area (Å²) in [5, 5.41) is 9.23. The van der Waals surface area contributed by atoms with Crippen molar-refractivity contribution >= 4 is 26.8 Å². The van der Waals surface area contributed by atoms with Crippen LogP contribution in [0.3, 0.4) is 0 Å². The van der Waals surface area contributed by atoms with Crippen molar-refractivity contribution in [3.63, 3.8) is 0 Å². The first-order valence-electron chi connectivity index (χ1n) is 9.40. The van der Waals surface area contributed by atoms with Crippen molar-refractivity contribution in [3.05, 3.63) is 64.8 Å². The quantitative estimate of drug-likeness (QED) is 0.629. The fourth-order valence-corrected chi connectivity index (χ4v) is 4.37. The number of amides is 1. The van der Waals surface area contributed by atoms with E-state index in [9.17, 15) is 13.2 Å². The number of sulfonamides is 1. The molecule has 1 heterocycles. The van der Waals surface area contributed by atoms with Gasteiger partial charge >= 0.3 is 0 Å². The molecular weight excluding hydrogens is 374 g/mol. The van der Waals surface area contributed by atoms with Crippen molar-refractivity contribution in [1.82, 2.24) is 10.3 Å². The zero-order valence-corrected chi connectivity index (χ0v) is 16.5. The molecule has 0 radical (unpaired) electrons. The molecule has 146 valence electrons. The molecule has 4 N–H and O–H groups in total. The predicted octanol–water partition coefficient (Wildman–Crippen LogP) is 3.19. The summed E-state index contributed by atoms with van der Waals surface area (Å²) in [6, 6.07) is 11.7. The van der Waals surface area contributed by atoms with E-state index in [1.165, 1.54) is 36.2 Å². The van der Waals surface area contributed by atoms with Crippen LogP contribution in [0.4, 0.5) is 0 Å². The first kappa shape index (κ1) is 18.7. The minimum atomic E-state index is -3.72. The maximum Gasteiger partial charge on any atom is 0.251 e. The summed E-state index contributed by atoms with van der Waals surface area (Å²) in [6.45, 7) is 1.86. The van der Waals surface area contributed by atoms with E-state index in [2.05, 4.69) is 10.3 Å². The number of H-pyrrole nitrogens is 1. The molecule has 4 rings (SSSR count). The van der Waals surface area contributed by atoms with Crippen molar-refractivity contribution in [1.29, 1.82) is 0 Å². The van der Waals surface area contributed by atoms with Gasteiger partial charge in [-0.1, -0.05) is 12.1 Å². The van der Waals surface area contributed by atoms with Crippen LogP contribution in [-0.4, -0.2) is 19.3 Å². The number of carbonyl (C=O) groups is 1. The number of fused-ring (bicyclic) bond motifs is 3. The van der Waals surface area contributed by atoms with Gasteiger partial charge in [0.15, 0.2) is 0 Å². The zero-order chi connectivity index (χ0) is 19.9. The lowest BCUT2D eigenvalue weighted by atomic mass is 9.95. The Morgan fingerprint density at radius 1 is 1.11 bits per heavy atom. The number of aryl methyl sites for hydroxylation is 2. The minimum Gasteiger partial charge on any atom is -0.358 e. The average Bonchev–Trinajstić information content (AvgIpc) is 3.05. The molecule has 1 aliphatic carbocycles. The first-order chi connectivity index (χ1) is 13.3. The molecule has 0 spiro atoms. The molecular formula is C21H23N3O3S. The third kappa shape index (κ3) is 3.55. The Kier molecular flexibility index (Phi) is 4.72. The van der Waals surface area contributed by atoms with Gasteiger partial charge in [-0.05, 0) is 74.1 Å². The summed E-state index contributed by atoms with van der Waals surface area (Å²) >= 11 is 0. The third-order valence-corrected chi connectivity index (χ3v) is 6.35. The number of nitrogens with two attached hydrogens (primary N) is 1. The van der Waals surface area contributed by atoms with Crippen LogP contribution in [0, 0.1) is 0 Å². The Balaban J connectivity index is 1.54. The summed E-state index contributed by atoms with van der Waals surface area (Å²) in [6.07, 6.45) is 4.50. The molecule has 0 saturated heterocycles. The average molecular weight is 398 g/mol. The number of benzene rings is 2. The lowest BCUT2D eigenvalue weighted by Gasteiger charge is -2.15. The molecule has 0 aliphatic heterocycles. The highest BCUT2D eigenvalue weighted by molar-refractivity contribution is 7.89. The number of nitrogens with one attached hydrogen (secondary N) is 2. The smallest absolute Gasteiger partial charge is 0.251 e. The Labute approximate surface area is 164 Å². The molecule has 2 aromatic carbocycles. The number of primary sulfonamides is 1. The van der Waals surface area contributed by atoms with Gasteiger partial charge in [-0.25, -0.2) is 13.6 Å². The highest BCUT2D eigenvalue weighted by Crippen LogP contribution is 2.29. The minimum absolute atomic E-state index is 0.0532. The molecule has 28 heavy (non-hydrogen) atoms. The highest BCUT2D eigenvalue weighted by atomic mass is 32.2. The number of carbonyl (C=O) groups excluding carboxylic acids is 1. The summed E-state index contributed by atoms with van der Waals surface area (Å²) in [5.41, 5.74) is 5.13. The van der Waals surface area contributed by atoms with Crippen LogP contribution in [0.1, 0.15) is 53.0 Å². The Hall–Kier alpha value is -2.64. The van der Waals surface area contributed by atoms with E-state index < -0.39 is 10.0 Å². The van der Waals surface area contributed by atoms with Gasteiger partial charge in [-0.3, -0.25) is 4.79 Å². The Bertz CT molecular complexity index is 1150. The van der Waals surface area contributed by atoms with Crippen molar-refractivity contribution in [2.75, 3.05) is 0 Å². The summed E-state index contributed by atoms with van der Waals surface area (Å²) in [4.78, 5) is 16.3. The normalized spacial score (nSPS) is 15.2. The van der Waals surface area contributed by atoms with Crippen molar-refractivity contribution < 1.29 is 13.2 Å². The topological polar surface area (TPSA) is 105 Å². The van der Waals surface area contributed by atoms with E-state index in [1.54, 1.807) is 12.1 Å². The number of aromatic amines is 1. The number of hydrogen-bond donors (Lipinski definition) is 3. The first-order valence-corrected chi connectivity index (χ1v) is 10.9. The van der Waals surface area contributed by atoms with Gasteiger partial charge in [0.05, 0.1) is 10.9 Å². The fourth-order valence-electron chi connectivity index (χ4n) is 3.86. The molecule has 0 bridgehead atoms. The van der Waals surface area contributed by atoms with Crippen LogP contribution in [0.15, 0.2) is 47.4 Å². The molecule has 1 aliphatic rings. The van der Waals surface area contributed by atoms with Crippen molar-refractivity contribution in [2.45, 2.75) is 43.5 Å². The number of rotatable bonds is 4. The Morgan fingerprint density at radius 2 is 1.82 bits per heavy atom. The highest BCUT2D eigenvalue weighted by Gasteiger charge is 2.18. The molecule has 3 aromatic rings. The van der Waals surface area contributed by atoms with Gasteiger partial charge in [-0.15, -0.1) is 0 Å². The molecule has 1 atom stereocenters. The second-order valence-electron chi connectivity index (χ2n) is 7.36. The van der Waals surface area contributed by atoms with E-state index in [1.807, 2.05) is 25.1 Å². The lowest BCUT2D eigenvalue weighted by molar-refractivity contribution is 0.0940. The molecule has 1 amide bonds. The number of aromatic nitrogens is 1. The Morgan fingerprint density at radius 3 is 2.54 bits per heavy atom. The largest absolute Gasteiger partial charge is 0.358 e. The standard InChI is InChI=1S/C21H23N3O3S/c1-13(14-6-9-16(10-7-14)28(22,26)27)23-21(25)15-8-11-20-18(12-15)17-4-2-3-5-19(17)24-20/h6-13,24H,2-5H2,1H3,(H,23,25)(H2,22,26,27)/t13-/m0/s1. The van der Waals surface area contributed by atoms with Crippen LogP contribution in [0.5, 0.6) is 0 Å². The van der Waals surface area contributed by atoms with Crippen LogP contribution < -0.4 is 10.5 Å². The van der Waals surface area contributed by atoms with Crippen LogP contribution in [-0.2, 0) is 22.9 Å². The lowest BCUT2D eigenvalue weighted by Crippen LogP contribution is -2.26. The second-order valence-corrected chi connectivity index (χ2v) is 8.92. The van der Waals surface area contributed by atoms with Crippen LogP contribution >= 0.6 is 0 Å². The maximum absolute atomic E-state index is 12.8. The van der Waals surface area contributed by atoms with E-state index >= 15 is 0 Å². The van der Waals surface area contributed by atoms with E-state index in [0.717, 1.165) is 29.3 Å². The van der Waals surface area contributed by atoms with Crippen LogP contribution in [0.2, 0.25) is 0 Å². The fraction of sp³-hybridized carbons (Fsp3) is 0.286. The SMILES string of the molecule is C[C@H](NC(=O)c1ccc2[nH]c3c(c2c1)CCCC3)c1ccc(S(N)(=O)=O)cc1. The summed E-state index contributed by atoms with van der Waals surface area (Å²) < 4.78 is 22.7. The van der Waals surface area contributed by atoms with Gasteiger partial charge in [-0.2, -0.15) is 0 Å². The predicted molar refractivity (Wildman–Crippen MR) is 109 cm³/mol. The van der Waals surface area contributed by atoms with Gasteiger partial charge in [0.25, 0.3) is 5.91 Å². The molecule has 0 fully saturated rings. The molecule has 7 heteroatoms. The maximum atomic E-state index is 12.8. The monoisotopic (exact) mass is 397 g/mol. The molecule has 0 unspecified atom stereocenters. The molecule has 1 aromatic heterocycles.